The summed E-state index contributed by atoms with van der Waals surface area (Å²) < 4.78 is 0. The van der Waals surface area contributed by atoms with Crippen LogP contribution in [0.3, 0.4) is 0 Å². The first-order chi connectivity index (χ1) is 7.45. The van der Waals surface area contributed by atoms with Crippen molar-refractivity contribution in [2.75, 3.05) is 12.3 Å². The molecule has 2 unspecified atom stereocenters. The van der Waals surface area contributed by atoms with Gasteiger partial charge in [0.15, 0.2) is 0 Å². The number of amides is 1. The van der Waals surface area contributed by atoms with Crippen LogP contribution in [0, 0.1) is 12.8 Å². The fourth-order valence-corrected chi connectivity index (χ4v) is 2.03. The minimum atomic E-state index is -0.127. The largest absolute Gasteiger partial charge is 0.398 e. The number of nitrogens with two attached hydrogens (primary N) is 1. The van der Waals surface area contributed by atoms with E-state index in [2.05, 4.69) is 5.32 Å². The van der Waals surface area contributed by atoms with Gasteiger partial charge in [-0.15, -0.1) is 11.3 Å². The Kier molecular flexibility index (Phi) is 4.32. The predicted octanol–water partition coefficient (Wildman–Crippen LogP) is 1.39. The van der Waals surface area contributed by atoms with Gasteiger partial charge in [-0.05, 0) is 25.8 Å². The van der Waals surface area contributed by atoms with Crippen molar-refractivity contribution in [2.45, 2.75) is 26.8 Å². The molecule has 1 aromatic rings. The molecule has 0 saturated heterocycles. The molecule has 4 nitrogen and oxygen atoms in total. The summed E-state index contributed by atoms with van der Waals surface area (Å²) in [5, 5.41) is 11.8. The Morgan fingerprint density at radius 1 is 1.62 bits per heavy atom. The van der Waals surface area contributed by atoms with Gasteiger partial charge in [-0.1, -0.05) is 6.92 Å². The molecule has 0 aliphatic rings. The van der Waals surface area contributed by atoms with Gasteiger partial charge in [-0.2, -0.15) is 0 Å². The lowest BCUT2D eigenvalue weighted by Crippen LogP contribution is -2.38. The van der Waals surface area contributed by atoms with Crippen molar-refractivity contribution >= 4 is 22.9 Å². The van der Waals surface area contributed by atoms with Crippen molar-refractivity contribution in [3.8, 4) is 0 Å². The molecule has 0 radical (unpaired) electrons. The van der Waals surface area contributed by atoms with E-state index in [0.29, 0.717) is 10.6 Å². The van der Waals surface area contributed by atoms with Crippen LogP contribution in [-0.2, 0) is 0 Å². The van der Waals surface area contributed by atoms with E-state index in [4.69, 9.17) is 10.8 Å². The predicted molar refractivity (Wildman–Crippen MR) is 66.6 cm³/mol. The van der Waals surface area contributed by atoms with Gasteiger partial charge in [0.05, 0.1) is 4.88 Å². The minimum Gasteiger partial charge on any atom is -0.398 e. The molecule has 5 heteroatoms. The van der Waals surface area contributed by atoms with E-state index in [1.807, 2.05) is 20.8 Å². The number of hydrogen-bond acceptors (Lipinski definition) is 4. The standard InChI is InChI=1S/C11H18N2O2S/c1-6(5-14)7(2)13-11(15)10-4-9(12)8(3)16-10/h4,6-7,14H,5,12H2,1-3H3,(H,13,15). The molecule has 1 aromatic heterocycles. The van der Waals surface area contributed by atoms with E-state index in [1.165, 1.54) is 11.3 Å². The Hall–Kier alpha value is -1.07. The third-order valence-corrected chi connectivity index (χ3v) is 3.75. The van der Waals surface area contributed by atoms with E-state index in [1.54, 1.807) is 6.07 Å². The van der Waals surface area contributed by atoms with Crippen LogP contribution in [0.25, 0.3) is 0 Å². The number of aryl methyl sites for hydroxylation is 1. The van der Waals surface area contributed by atoms with Gasteiger partial charge >= 0.3 is 0 Å². The van der Waals surface area contributed by atoms with Crippen molar-refractivity contribution < 1.29 is 9.90 Å². The summed E-state index contributed by atoms with van der Waals surface area (Å²) in [4.78, 5) is 13.4. The molecule has 16 heavy (non-hydrogen) atoms. The third-order valence-electron chi connectivity index (χ3n) is 2.68. The highest BCUT2D eigenvalue weighted by atomic mass is 32.1. The molecule has 4 N–H and O–H groups in total. The van der Waals surface area contributed by atoms with Crippen LogP contribution in [0.2, 0.25) is 0 Å². The molecule has 1 heterocycles. The summed E-state index contributed by atoms with van der Waals surface area (Å²) in [6, 6.07) is 1.63. The monoisotopic (exact) mass is 242 g/mol. The summed E-state index contributed by atoms with van der Waals surface area (Å²) >= 11 is 1.38. The van der Waals surface area contributed by atoms with Crippen LogP contribution in [0.15, 0.2) is 6.07 Å². The van der Waals surface area contributed by atoms with E-state index in [0.717, 1.165) is 4.88 Å². The molecule has 0 spiro atoms. The molecule has 0 bridgehead atoms. The average Bonchev–Trinajstić information content (AvgIpc) is 2.58. The summed E-state index contributed by atoms with van der Waals surface area (Å²) in [6.45, 7) is 5.71. The molecule has 0 fully saturated rings. The highest BCUT2D eigenvalue weighted by Gasteiger charge is 2.16. The Balaban J connectivity index is 2.65. The summed E-state index contributed by atoms with van der Waals surface area (Å²) in [6.07, 6.45) is 0. The van der Waals surface area contributed by atoms with E-state index < -0.39 is 0 Å². The highest BCUT2D eigenvalue weighted by Crippen LogP contribution is 2.23. The molecule has 0 saturated carbocycles. The Labute approximate surface area is 99.5 Å². The molecule has 2 atom stereocenters. The van der Waals surface area contributed by atoms with Gasteiger partial charge in [-0.3, -0.25) is 4.79 Å². The van der Waals surface area contributed by atoms with Crippen molar-refractivity contribution in [2.24, 2.45) is 5.92 Å². The molecular weight excluding hydrogens is 224 g/mol. The molecule has 1 rings (SSSR count). The number of carbonyl (C=O) groups is 1. The first-order valence-corrected chi connectivity index (χ1v) is 6.05. The minimum absolute atomic E-state index is 0.0438. The maximum absolute atomic E-state index is 11.8. The number of nitrogens with one attached hydrogen (secondary N) is 1. The number of thiophene rings is 1. The average molecular weight is 242 g/mol. The maximum Gasteiger partial charge on any atom is 0.261 e. The highest BCUT2D eigenvalue weighted by molar-refractivity contribution is 7.14. The maximum atomic E-state index is 11.8. The summed E-state index contributed by atoms with van der Waals surface area (Å²) in [5.74, 6) is -0.0834. The van der Waals surface area contributed by atoms with Gasteiger partial charge < -0.3 is 16.2 Å². The number of rotatable bonds is 4. The second kappa shape index (κ2) is 5.32. The summed E-state index contributed by atoms with van der Waals surface area (Å²) in [7, 11) is 0. The number of nitrogen functional groups attached to an aromatic ring is 1. The Morgan fingerprint density at radius 3 is 2.69 bits per heavy atom. The molecule has 0 aliphatic carbocycles. The normalized spacial score (nSPS) is 14.5. The van der Waals surface area contributed by atoms with Crippen LogP contribution >= 0.6 is 11.3 Å². The van der Waals surface area contributed by atoms with Crippen LogP contribution in [0.4, 0.5) is 5.69 Å². The number of aliphatic hydroxyl groups excluding tert-OH is 1. The lowest BCUT2D eigenvalue weighted by molar-refractivity contribution is 0.0920. The van der Waals surface area contributed by atoms with Crippen LogP contribution in [0.1, 0.15) is 28.4 Å². The molecule has 0 aromatic carbocycles. The molecular formula is C11H18N2O2S. The first-order valence-electron chi connectivity index (χ1n) is 5.23. The number of hydrogen-bond donors (Lipinski definition) is 3. The van der Waals surface area contributed by atoms with Crippen molar-refractivity contribution in [1.82, 2.24) is 5.32 Å². The number of aliphatic hydroxyl groups is 1. The smallest absolute Gasteiger partial charge is 0.261 e. The van der Waals surface area contributed by atoms with Crippen LogP contribution in [-0.4, -0.2) is 23.7 Å². The number of anilines is 1. The molecule has 1 amide bonds. The van der Waals surface area contributed by atoms with Crippen molar-refractivity contribution in [3.63, 3.8) is 0 Å². The van der Waals surface area contributed by atoms with E-state index in [9.17, 15) is 4.79 Å². The van der Waals surface area contributed by atoms with Gasteiger partial charge in [0.2, 0.25) is 0 Å². The fraction of sp³-hybridized carbons (Fsp3) is 0.545. The summed E-state index contributed by atoms with van der Waals surface area (Å²) in [5.41, 5.74) is 6.34. The fourth-order valence-electron chi connectivity index (χ4n) is 1.19. The second-order valence-electron chi connectivity index (χ2n) is 4.04. The zero-order valence-electron chi connectivity index (χ0n) is 9.78. The topological polar surface area (TPSA) is 75.3 Å². The van der Waals surface area contributed by atoms with E-state index in [-0.39, 0.29) is 24.5 Å². The van der Waals surface area contributed by atoms with Gasteiger partial charge in [0.25, 0.3) is 5.91 Å². The van der Waals surface area contributed by atoms with Gasteiger partial charge in [0, 0.05) is 23.2 Å². The Morgan fingerprint density at radius 2 is 2.25 bits per heavy atom. The van der Waals surface area contributed by atoms with Gasteiger partial charge in [0.1, 0.15) is 0 Å². The molecule has 0 aliphatic heterocycles. The number of carbonyl (C=O) groups excluding carboxylic acids is 1. The first kappa shape index (κ1) is 13.0. The second-order valence-corrected chi connectivity index (χ2v) is 5.30. The van der Waals surface area contributed by atoms with Gasteiger partial charge in [-0.25, -0.2) is 0 Å². The Bertz CT molecular complexity index is 357. The van der Waals surface area contributed by atoms with Crippen molar-refractivity contribution in [3.05, 3.63) is 15.8 Å². The lowest BCUT2D eigenvalue weighted by Gasteiger charge is -2.18. The van der Waals surface area contributed by atoms with Crippen molar-refractivity contribution in [1.29, 1.82) is 0 Å². The van der Waals surface area contributed by atoms with Crippen LogP contribution in [0.5, 0.6) is 0 Å². The zero-order chi connectivity index (χ0) is 12.3. The lowest BCUT2D eigenvalue weighted by atomic mass is 10.1. The van der Waals surface area contributed by atoms with E-state index >= 15 is 0 Å². The zero-order valence-corrected chi connectivity index (χ0v) is 10.6. The van der Waals surface area contributed by atoms with Crippen LogP contribution < -0.4 is 11.1 Å². The third kappa shape index (κ3) is 2.96. The SMILES string of the molecule is Cc1sc(C(=O)NC(C)C(C)CO)cc1N. The quantitative estimate of drug-likeness (QED) is 0.746. The molecule has 90 valence electrons.